The van der Waals surface area contributed by atoms with E-state index in [1.807, 2.05) is 19.1 Å². The number of aryl methyl sites for hydroxylation is 1. The number of hydrogen-bond donors (Lipinski definition) is 2. The molecule has 0 aliphatic rings. The third-order valence-corrected chi connectivity index (χ3v) is 3.49. The molecule has 0 unspecified atom stereocenters. The largest absolute Gasteiger partial charge is 0.473 e. The molecule has 0 saturated carbocycles. The van der Waals surface area contributed by atoms with Gasteiger partial charge in [-0.05, 0) is 42.2 Å². The molecule has 0 bridgehead atoms. The van der Waals surface area contributed by atoms with Gasteiger partial charge in [0.05, 0.1) is 0 Å². The van der Waals surface area contributed by atoms with E-state index in [9.17, 15) is 9.18 Å². The number of halogens is 1. The highest BCUT2D eigenvalue weighted by Gasteiger charge is 2.19. The van der Waals surface area contributed by atoms with Gasteiger partial charge in [-0.1, -0.05) is 44.5 Å². The van der Waals surface area contributed by atoms with E-state index in [1.54, 1.807) is 6.07 Å². The molecule has 0 aliphatic heterocycles. The summed E-state index contributed by atoms with van der Waals surface area (Å²) in [6.07, 6.45) is 0. The Bertz CT molecular complexity index is 724. The number of hydrogen-bond acceptors (Lipinski definition) is 2. The SMILES string of the molecule is Cc1ccc(OCNC(=O)Nc2cccc(F)c2)c(C(C)(C)C)c1. The molecule has 0 heterocycles. The quantitative estimate of drug-likeness (QED) is 0.806. The van der Waals surface area contributed by atoms with Crippen molar-refractivity contribution < 1.29 is 13.9 Å². The average Bonchev–Trinajstić information content (AvgIpc) is 2.47. The summed E-state index contributed by atoms with van der Waals surface area (Å²) in [4.78, 5) is 11.8. The third-order valence-electron chi connectivity index (χ3n) is 3.49. The number of benzene rings is 2. The molecule has 0 aromatic heterocycles. The van der Waals surface area contributed by atoms with Crippen LogP contribution in [0.1, 0.15) is 31.9 Å². The van der Waals surface area contributed by atoms with E-state index >= 15 is 0 Å². The van der Waals surface area contributed by atoms with Crippen LogP contribution in [-0.2, 0) is 5.41 Å². The normalized spacial score (nSPS) is 11.0. The Morgan fingerprint density at radius 1 is 1.17 bits per heavy atom. The van der Waals surface area contributed by atoms with Crippen LogP contribution in [0.4, 0.5) is 14.9 Å². The minimum atomic E-state index is -0.454. The lowest BCUT2D eigenvalue weighted by Crippen LogP contribution is -2.32. The molecule has 0 spiro atoms. The lowest BCUT2D eigenvalue weighted by molar-refractivity contribution is 0.233. The van der Waals surface area contributed by atoms with Crippen molar-refractivity contribution in [2.24, 2.45) is 0 Å². The summed E-state index contributed by atoms with van der Waals surface area (Å²) in [6.45, 7) is 8.38. The average molecular weight is 330 g/mol. The van der Waals surface area contributed by atoms with Gasteiger partial charge in [0.15, 0.2) is 6.73 Å². The molecule has 2 aromatic carbocycles. The number of anilines is 1. The van der Waals surface area contributed by atoms with Gasteiger partial charge in [-0.15, -0.1) is 0 Å². The van der Waals surface area contributed by atoms with Gasteiger partial charge in [-0.2, -0.15) is 0 Å². The summed E-state index contributed by atoms with van der Waals surface area (Å²) in [5.41, 5.74) is 2.56. The molecule has 2 amide bonds. The van der Waals surface area contributed by atoms with E-state index in [1.165, 1.54) is 18.2 Å². The van der Waals surface area contributed by atoms with E-state index < -0.39 is 11.8 Å². The maximum atomic E-state index is 13.1. The Kier molecular flexibility index (Phi) is 5.44. The molecule has 128 valence electrons. The summed E-state index contributed by atoms with van der Waals surface area (Å²) in [5.74, 6) is 0.331. The molecule has 0 fully saturated rings. The molecule has 2 aromatic rings. The molecule has 4 nitrogen and oxygen atoms in total. The number of nitrogens with one attached hydrogen (secondary N) is 2. The second kappa shape index (κ2) is 7.34. The molecule has 5 heteroatoms. The van der Waals surface area contributed by atoms with Crippen LogP contribution < -0.4 is 15.4 Å². The fourth-order valence-corrected chi connectivity index (χ4v) is 2.28. The van der Waals surface area contributed by atoms with Crippen LogP contribution in [0.5, 0.6) is 5.75 Å². The number of amides is 2. The Morgan fingerprint density at radius 3 is 2.58 bits per heavy atom. The molecule has 0 saturated heterocycles. The minimum Gasteiger partial charge on any atom is -0.473 e. The van der Waals surface area contributed by atoms with Crippen molar-refractivity contribution in [3.8, 4) is 5.75 Å². The van der Waals surface area contributed by atoms with Crippen molar-refractivity contribution >= 4 is 11.7 Å². The number of carbonyl (C=O) groups excluding carboxylic acids is 1. The van der Waals surface area contributed by atoms with Crippen LogP contribution in [0.2, 0.25) is 0 Å². The van der Waals surface area contributed by atoms with Gasteiger partial charge in [0.2, 0.25) is 0 Å². The van der Waals surface area contributed by atoms with Gasteiger partial charge in [0.25, 0.3) is 0 Å². The zero-order valence-corrected chi connectivity index (χ0v) is 14.4. The second-order valence-electron chi connectivity index (χ2n) is 6.68. The van der Waals surface area contributed by atoms with Crippen LogP contribution in [0, 0.1) is 12.7 Å². The van der Waals surface area contributed by atoms with E-state index in [2.05, 4.69) is 37.5 Å². The Balaban J connectivity index is 1.93. The van der Waals surface area contributed by atoms with Gasteiger partial charge in [0.1, 0.15) is 11.6 Å². The van der Waals surface area contributed by atoms with E-state index in [0.717, 1.165) is 16.9 Å². The minimum absolute atomic E-state index is 0.0211. The second-order valence-corrected chi connectivity index (χ2v) is 6.68. The number of carbonyl (C=O) groups is 1. The van der Waals surface area contributed by atoms with Gasteiger partial charge < -0.3 is 15.4 Å². The maximum Gasteiger partial charge on any atom is 0.321 e. The van der Waals surface area contributed by atoms with E-state index in [0.29, 0.717) is 5.69 Å². The predicted molar refractivity (Wildman–Crippen MR) is 93.9 cm³/mol. The highest BCUT2D eigenvalue weighted by Crippen LogP contribution is 2.31. The zero-order valence-electron chi connectivity index (χ0n) is 14.4. The first-order chi connectivity index (χ1) is 11.3. The smallest absolute Gasteiger partial charge is 0.321 e. The summed E-state index contributed by atoms with van der Waals surface area (Å²) >= 11 is 0. The van der Waals surface area contributed by atoms with Crippen molar-refractivity contribution in [3.63, 3.8) is 0 Å². The highest BCUT2D eigenvalue weighted by molar-refractivity contribution is 5.89. The van der Waals surface area contributed by atoms with Crippen molar-refractivity contribution in [1.82, 2.24) is 5.32 Å². The van der Waals surface area contributed by atoms with Crippen LogP contribution >= 0.6 is 0 Å². The highest BCUT2D eigenvalue weighted by atomic mass is 19.1. The maximum absolute atomic E-state index is 13.1. The first kappa shape index (κ1) is 17.8. The Morgan fingerprint density at radius 2 is 1.92 bits per heavy atom. The first-order valence-corrected chi connectivity index (χ1v) is 7.80. The fourth-order valence-electron chi connectivity index (χ4n) is 2.28. The zero-order chi connectivity index (χ0) is 17.7. The molecular formula is C19H23FN2O2. The van der Waals surface area contributed by atoms with Gasteiger partial charge >= 0.3 is 6.03 Å². The van der Waals surface area contributed by atoms with Crippen LogP contribution in [0.15, 0.2) is 42.5 Å². The summed E-state index contributed by atoms with van der Waals surface area (Å²) < 4.78 is 18.8. The van der Waals surface area contributed by atoms with Crippen LogP contribution in [-0.4, -0.2) is 12.8 Å². The van der Waals surface area contributed by atoms with Gasteiger partial charge in [-0.3, -0.25) is 0 Å². The summed E-state index contributed by atoms with van der Waals surface area (Å²) in [7, 11) is 0. The van der Waals surface area contributed by atoms with E-state index in [4.69, 9.17) is 4.74 Å². The predicted octanol–water partition coefficient (Wildman–Crippen LogP) is 4.59. The van der Waals surface area contributed by atoms with Crippen molar-refractivity contribution in [1.29, 1.82) is 0 Å². The lowest BCUT2D eigenvalue weighted by atomic mass is 9.85. The van der Waals surface area contributed by atoms with Gasteiger partial charge in [0, 0.05) is 5.69 Å². The number of urea groups is 1. The van der Waals surface area contributed by atoms with Crippen LogP contribution in [0.3, 0.4) is 0 Å². The fraction of sp³-hybridized carbons (Fsp3) is 0.316. The Labute approximate surface area is 142 Å². The topological polar surface area (TPSA) is 50.4 Å². The van der Waals surface area contributed by atoms with Crippen molar-refractivity contribution in [2.75, 3.05) is 12.0 Å². The Hall–Kier alpha value is -2.56. The summed E-state index contributed by atoms with van der Waals surface area (Å²) in [5, 5.41) is 5.15. The van der Waals surface area contributed by atoms with Crippen LogP contribution in [0.25, 0.3) is 0 Å². The lowest BCUT2D eigenvalue weighted by Gasteiger charge is -2.23. The molecule has 0 aliphatic carbocycles. The third kappa shape index (κ3) is 4.98. The number of ether oxygens (including phenoxy) is 1. The molecule has 0 radical (unpaired) electrons. The number of rotatable bonds is 4. The molecule has 2 N–H and O–H groups in total. The molecular weight excluding hydrogens is 307 g/mol. The molecule has 24 heavy (non-hydrogen) atoms. The first-order valence-electron chi connectivity index (χ1n) is 7.80. The molecule has 0 atom stereocenters. The van der Waals surface area contributed by atoms with Crippen molar-refractivity contribution in [2.45, 2.75) is 33.1 Å². The van der Waals surface area contributed by atoms with Gasteiger partial charge in [-0.25, -0.2) is 9.18 Å². The summed E-state index contributed by atoms with van der Waals surface area (Å²) in [6, 6.07) is 11.2. The standard InChI is InChI=1S/C19H23FN2O2/c1-13-8-9-17(16(10-13)19(2,3)4)24-12-21-18(23)22-15-7-5-6-14(20)11-15/h5-11H,12H2,1-4H3,(H2,21,22,23). The monoisotopic (exact) mass is 330 g/mol. The van der Waals surface area contributed by atoms with E-state index in [-0.39, 0.29) is 12.1 Å². The molecule has 2 rings (SSSR count). The van der Waals surface area contributed by atoms with Crippen molar-refractivity contribution in [3.05, 3.63) is 59.4 Å².